The van der Waals surface area contributed by atoms with Crippen molar-refractivity contribution in [3.63, 3.8) is 0 Å². The molecule has 3 N–H and O–H groups in total. The Morgan fingerprint density at radius 2 is 1.92 bits per heavy atom. The van der Waals surface area contributed by atoms with Crippen molar-refractivity contribution in [2.45, 2.75) is 0 Å². The highest BCUT2D eigenvalue weighted by Crippen LogP contribution is 2.17. The summed E-state index contributed by atoms with van der Waals surface area (Å²) < 4.78 is 1.28. The SMILES string of the molecule is O=C(Nc1ccc(-c2ncn[nH]2)cc1)c1ccc2n[nH]c(=O)n2c1. The monoisotopic (exact) mass is 321 g/mol. The summed E-state index contributed by atoms with van der Waals surface area (Å²) in [7, 11) is 0. The minimum absolute atomic E-state index is 0.322. The van der Waals surface area contributed by atoms with Crippen molar-refractivity contribution in [3.05, 3.63) is 65.0 Å². The number of aromatic nitrogens is 6. The molecule has 0 aliphatic heterocycles. The van der Waals surface area contributed by atoms with Crippen molar-refractivity contribution < 1.29 is 4.79 Å². The van der Waals surface area contributed by atoms with E-state index in [0.29, 0.717) is 22.7 Å². The van der Waals surface area contributed by atoms with Crippen LogP contribution < -0.4 is 11.0 Å². The third-order valence-electron chi connectivity index (χ3n) is 3.51. The second-order valence-corrected chi connectivity index (χ2v) is 5.04. The molecule has 0 atom stereocenters. The van der Waals surface area contributed by atoms with Crippen molar-refractivity contribution in [2.24, 2.45) is 0 Å². The molecule has 0 aliphatic carbocycles. The quantitative estimate of drug-likeness (QED) is 0.521. The van der Waals surface area contributed by atoms with Crippen LogP contribution in [0.4, 0.5) is 5.69 Å². The van der Waals surface area contributed by atoms with Crippen LogP contribution in [0, 0.1) is 0 Å². The Balaban J connectivity index is 1.56. The van der Waals surface area contributed by atoms with Crippen LogP contribution in [0.5, 0.6) is 0 Å². The van der Waals surface area contributed by atoms with Crippen molar-refractivity contribution in [2.75, 3.05) is 5.32 Å². The van der Waals surface area contributed by atoms with E-state index in [1.807, 2.05) is 12.1 Å². The van der Waals surface area contributed by atoms with Crippen molar-refractivity contribution >= 4 is 17.2 Å². The zero-order valence-corrected chi connectivity index (χ0v) is 12.2. The molecule has 0 saturated heterocycles. The van der Waals surface area contributed by atoms with Crippen molar-refractivity contribution in [3.8, 4) is 11.4 Å². The van der Waals surface area contributed by atoms with E-state index in [2.05, 4.69) is 30.7 Å². The van der Waals surface area contributed by atoms with Gasteiger partial charge in [-0.05, 0) is 36.4 Å². The summed E-state index contributed by atoms with van der Waals surface area (Å²) >= 11 is 0. The Morgan fingerprint density at radius 3 is 2.67 bits per heavy atom. The van der Waals surface area contributed by atoms with Gasteiger partial charge in [0.1, 0.15) is 6.33 Å². The minimum Gasteiger partial charge on any atom is -0.322 e. The molecule has 4 aromatic rings. The number of hydrogen-bond donors (Lipinski definition) is 3. The first-order valence-corrected chi connectivity index (χ1v) is 7.05. The number of carbonyl (C=O) groups is 1. The van der Waals surface area contributed by atoms with Gasteiger partial charge in [0.05, 0.1) is 5.56 Å². The molecule has 0 radical (unpaired) electrons. The highest BCUT2D eigenvalue weighted by Gasteiger charge is 2.09. The van der Waals surface area contributed by atoms with E-state index in [9.17, 15) is 9.59 Å². The smallest absolute Gasteiger partial charge is 0.322 e. The predicted molar refractivity (Wildman–Crippen MR) is 85.6 cm³/mol. The number of anilines is 1. The Morgan fingerprint density at radius 1 is 1.08 bits per heavy atom. The summed E-state index contributed by atoms with van der Waals surface area (Å²) in [5.41, 5.74) is 1.90. The lowest BCUT2D eigenvalue weighted by Gasteiger charge is -2.06. The van der Waals surface area contributed by atoms with Gasteiger partial charge < -0.3 is 5.32 Å². The molecule has 24 heavy (non-hydrogen) atoms. The van der Waals surface area contributed by atoms with Crippen LogP contribution >= 0.6 is 0 Å². The topological polar surface area (TPSA) is 121 Å². The number of carbonyl (C=O) groups excluding carboxylic acids is 1. The average Bonchev–Trinajstić information content (AvgIpc) is 3.26. The van der Waals surface area contributed by atoms with Gasteiger partial charge in [-0.15, -0.1) is 0 Å². The second-order valence-electron chi connectivity index (χ2n) is 5.04. The van der Waals surface area contributed by atoms with Gasteiger partial charge in [-0.2, -0.15) is 10.2 Å². The summed E-state index contributed by atoms with van der Waals surface area (Å²) in [4.78, 5) is 27.9. The number of pyridine rings is 1. The van der Waals surface area contributed by atoms with Gasteiger partial charge in [-0.25, -0.2) is 19.3 Å². The fourth-order valence-corrected chi connectivity index (χ4v) is 2.30. The molecule has 0 unspecified atom stereocenters. The molecule has 9 heteroatoms. The molecule has 118 valence electrons. The summed E-state index contributed by atoms with van der Waals surface area (Å²) in [6.45, 7) is 0. The molecule has 0 bridgehead atoms. The molecular weight excluding hydrogens is 310 g/mol. The van der Waals surface area contributed by atoms with Gasteiger partial charge in [-0.1, -0.05) is 0 Å². The third kappa shape index (κ3) is 2.43. The summed E-state index contributed by atoms with van der Waals surface area (Å²) in [6.07, 6.45) is 2.87. The normalized spacial score (nSPS) is 10.8. The zero-order valence-electron chi connectivity index (χ0n) is 12.2. The van der Waals surface area contributed by atoms with Crippen LogP contribution in [0.3, 0.4) is 0 Å². The number of nitrogens with zero attached hydrogens (tertiary/aromatic N) is 4. The lowest BCUT2D eigenvalue weighted by Crippen LogP contribution is -2.15. The number of nitrogens with one attached hydrogen (secondary N) is 3. The average molecular weight is 321 g/mol. The summed E-state index contributed by atoms with van der Waals surface area (Å²) in [5.74, 6) is 0.329. The van der Waals surface area contributed by atoms with E-state index in [0.717, 1.165) is 5.56 Å². The zero-order chi connectivity index (χ0) is 16.5. The Kier molecular flexibility index (Phi) is 3.16. The number of amides is 1. The van der Waals surface area contributed by atoms with Gasteiger partial charge in [0.2, 0.25) is 0 Å². The maximum absolute atomic E-state index is 12.3. The van der Waals surface area contributed by atoms with Crippen LogP contribution in [0.25, 0.3) is 17.0 Å². The second kappa shape index (κ2) is 5.47. The minimum atomic E-state index is -0.393. The molecule has 3 heterocycles. The maximum Gasteiger partial charge on any atom is 0.347 e. The first-order valence-electron chi connectivity index (χ1n) is 7.05. The lowest BCUT2D eigenvalue weighted by molar-refractivity contribution is 0.102. The number of fused-ring (bicyclic) bond motifs is 1. The van der Waals surface area contributed by atoms with Crippen LogP contribution in [0.1, 0.15) is 10.4 Å². The van der Waals surface area contributed by atoms with Crippen LogP contribution in [-0.2, 0) is 0 Å². The van der Waals surface area contributed by atoms with E-state index in [-0.39, 0.29) is 5.91 Å². The molecule has 1 amide bonds. The molecule has 3 aromatic heterocycles. The van der Waals surface area contributed by atoms with Gasteiger partial charge >= 0.3 is 5.69 Å². The Bertz CT molecular complexity index is 1060. The standard InChI is InChI=1S/C15H11N7O2/c23-14(10-3-6-12-19-21-15(24)22(12)7-10)18-11-4-1-9(2-5-11)13-16-8-17-20-13/h1-8H,(H,18,23)(H,21,24)(H,16,17,20). The molecular formula is C15H11N7O2. The number of hydrogen-bond acceptors (Lipinski definition) is 5. The fourth-order valence-electron chi connectivity index (χ4n) is 2.30. The number of rotatable bonds is 3. The molecule has 4 rings (SSSR count). The van der Waals surface area contributed by atoms with E-state index >= 15 is 0 Å². The molecule has 0 spiro atoms. The molecule has 0 fully saturated rings. The van der Waals surface area contributed by atoms with Crippen molar-refractivity contribution in [1.82, 2.24) is 29.8 Å². The van der Waals surface area contributed by atoms with E-state index in [1.54, 1.807) is 24.3 Å². The Hall–Kier alpha value is -3.75. The third-order valence-corrected chi connectivity index (χ3v) is 3.51. The number of H-pyrrole nitrogens is 2. The van der Waals surface area contributed by atoms with Gasteiger partial charge in [0.25, 0.3) is 5.91 Å². The first kappa shape index (κ1) is 13.9. The fraction of sp³-hybridized carbons (Fsp3) is 0. The molecule has 0 saturated carbocycles. The lowest BCUT2D eigenvalue weighted by atomic mass is 10.2. The molecule has 0 aliphatic rings. The maximum atomic E-state index is 12.3. The molecule has 1 aromatic carbocycles. The predicted octanol–water partition coefficient (Wildman–Crippen LogP) is 1.06. The van der Waals surface area contributed by atoms with E-state index < -0.39 is 5.69 Å². The summed E-state index contributed by atoms with van der Waals surface area (Å²) in [5, 5.41) is 15.5. The van der Waals surface area contributed by atoms with Crippen LogP contribution in [-0.4, -0.2) is 35.7 Å². The number of benzene rings is 1. The highest BCUT2D eigenvalue weighted by molar-refractivity contribution is 6.04. The van der Waals surface area contributed by atoms with Gasteiger partial charge in [0, 0.05) is 17.4 Å². The van der Waals surface area contributed by atoms with Crippen LogP contribution in [0.15, 0.2) is 53.7 Å². The first-order chi connectivity index (χ1) is 11.7. The summed E-state index contributed by atoms with van der Waals surface area (Å²) in [6, 6.07) is 10.4. The van der Waals surface area contributed by atoms with Gasteiger partial charge in [-0.3, -0.25) is 9.89 Å². The highest BCUT2D eigenvalue weighted by atomic mass is 16.2. The molecule has 9 nitrogen and oxygen atoms in total. The van der Waals surface area contributed by atoms with Gasteiger partial charge in [0.15, 0.2) is 11.5 Å². The largest absolute Gasteiger partial charge is 0.347 e. The van der Waals surface area contributed by atoms with E-state index in [4.69, 9.17) is 0 Å². The van der Waals surface area contributed by atoms with Crippen molar-refractivity contribution in [1.29, 1.82) is 0 Å². The number of aromatic amines is 2. The van der Waals surface area contributed by atoms with E-state index in [1.165, 1.54) is 16.9 Å². The van der Waals surface area contributed by atoms with Crippen LogP contribution in [0.2, 0.25) is 0 Å². The Labute approximate surface area is 134 Å².